The number of likely N-dealkylation sites (tertiary alicyclic amines) is 1. The third-order valence-corrected chi connectivity index (χ3v) is 4.85. The van der Waals surface area contributed by atoms with Crippen molar-refractivity contribution < 1.29 is 19.1 Å². The van der Waals surface area contributed by atoms with Gasteiger partial charge in [-0.1, -0.05) is 6.92 Å². The van der Waals surface area contributed by atoms with Crippen molar-refractivity contribution in [3.05, 3.63) is 0 Å². The Balaban J connectivity index is 1.71. The first kappa shape index (κ1) is 20.5. The predicted molar refractivity (Wildman–Crippen MR) is 98.6 cm³/mol. The zero-order chi connectivity index (χ0) is 19.3. The molecule has 3 amide bonds. The topological polar surface area (TPSA) is 70.2 Å². The van der Waals surface area contributed by atoms with Gasteiger partial charge in [0.05, 0.1) is 0 Å². The average molecular weight is 367 g/mol. The molecule has 2 fully saturated rings. The van der Waals surface area contributed by atoms with Gasteiger partial charge in [0, 0.05) is 52.1 Å². The van der Waals surface area contributed by atoms with Crippen LogP contribution in [0, 0.1) is 5.92 Å². The number of amides is 3. The molecule has 0 bridgehead atoms. The Kier molecular flexibility index (Phi) is 6.89. The molecular formula is C19H33N3O4. The number of piperazine rings is 1. The second-order valence-corrected chi connectivity index (χ2v) is 8.44. The summed E-state index contributed by atoms with van der Waals surface area (Å²) in [5.74, 6) is 0.619. The van der Waals surface area contributed by atoms with Crippen molar-refractivity contribution in [2.75, 3.05) is 39.3 Å². The molecule has 2 heterocycles. The van der Waals surface area contributed by atoms with E-state index in [1.165, 1.54) is 6.42 Å². The highest BCUT2D eigenvalue weighted by molar-refractivity contribution is 5.84. The molecule has 26 heavy (non-hydrogen) atoms. The van der Waals surface area contributed by atoms with Crippen LogP contribution >= 0.6 is 0 Å². The van der Waals surface area contributed by atoms with Crippen molar-refractivity contribution in [2.24, 2.45) is 5.92 Å². The Morgan fingerprint density at radius 2 is 1.42 bits per heavy atom. The Labute approximate surface area is 156 Å². The minimum absolute atomic E-state index is 0.00718. The Morgan fingerprint density at radius 3 is 1.96 bits per heavy atom. The molecule has 0 saturated carbocycles. The van der Waals surface area contributed by atoms with Crippen LogP contribution in [0.4, 0.5) is 4.79 Å². The minimum atomic E-state index is -0.518. The number of hydrogen-bond donors (Lipinski definition) is 0. The van der Waals surface area contributed by atoms with Gasteiger partial charge in [0.25, 0.3) is 0 Å². The highest BCUT2D eigenvalue weighted by Gasteiger charge is 2.28. The Bertz CT molecular complexity index is 521. The Hall–Kier alpha value is -1.79. The first-order valence-electron chi connectivity index (χ1n) is 9.69. The summed E-state index contributed by atoms with van der Waals surface area (Å²) in [6.07, 6.45) is 2.41. The van der Waals surface area contributed by atoms with E-state index in [1.807, 2.05) is 25.7 Å². The van der Waals surface area contributed by atoms with Gasteiger partial charge < -0.3 is 19.4 Å². The van der Waals surface area contributed by atoms with Crippen LogP contribution in [0.3, 0.4) is 0 Å². The molecule has 0 aromatic heterocycles. The van der Waals surface area contributed by atoms with E-state index in [9.17, 15) is 14.4 Å². The summed E-state index contributed by atoms with van der Waals surface area (Å²) in [7, 11) is 0. The molecule has 0 N–H and O–H groups in total. The van der Waals surface area contributed by atoms with Crippen LogP contribution in [0.25, 0.3) is 0 Å². The zero-order valence-corrected chi connectivity index (χ0v) is 16.6. The highest BCUT2D eigenvalue weighted by Crippen LogP contribution is 2.17. The molecular weight excluding hydrogens is 334 g/mol. The van der Waals surface area contributed by atoms with Crippen LogP contribution in [-0.4, -0.2) is 77.5 Å². The summed E-state index contributed by atoms with van der Waals surface area (Å²) in [5.41, 5.74) is -0.518. The summed E-state index contributed by atoms with van der Waals surface area (Å²) < 4.78 is 5.36. The van der Waals surface area contributed by atoms with Crippen LogP contribution < -0.4 is 0 Å². The lowest BCUT2D eigenvalue weighted by atomic mass is 10.00. The molecule has 2 saturated heterocycles. The number of ether oxygens (including phenoxy) is 1. The van der Waals surface area contributed by atoms with E-state index in [0.29, 0.717) is 32.1 Å². The van der Waals surface area contributed by atoms with Gasteiger partial charge in [-0.25, -0.2) is 4.79 Å². The lowest BCUT2D eigenvalue weighted by Gasteiger charge is -2.36. The van der Waals surface area contributed by atoms with Crippen molar-refractivity contribution in [1.29, 1.82) is 0 Å². The highest BCUT2D eigenvalue weighted by atomic mass is 16.6. The third kappa shape index (κ3) is 6.18. The number of hydrogen-bond acceptors (Lipinski definition) is 4. The number of rotatable bonds is 3. The maximum Gasteiger partial charge on any atom is 0.410 e. The smallest absolute Gasteiger partial charge is 0.410 e. The lowest BCUT2D eigenvalue weighted by molar-refractivity contribution is -0.138. The van der Waals surface area contributed by atoms with Crippen LogP contribution in [0.1, 0.15) is 53.4 Å². The monoisotopic (exact) mass is 367 g/mol. The molecule has 7 nitrogen and oxygen atoms in total. The minimum Gasteiger partial charge on any atom is -0.444 e. The number of carbonyl (C=O) groups is 3. The van der Waals surface area contributed by atoms with Gasteiger partial charge >= 0.3 is 6.09 Å². The third-order valence-electron chi connectivity index (χ3n) is 4.85. The van der Waals surface area contributed by atoms with E-state index in [2.05, 4.69) is 6.92 Å². The predicted octanol–water partition coefficient (Wildman–Crippen LogP) is 2.10. The van der Waals surface area contributed by atoms with Gasteiger partial charge in [-0.05, 0) is 39.5 Å². The molecule has 0 aliphatic carbocycles. The van der Waals surface area contributed by atoms with Crippen LogP contribution in [0.2, 0.25) is 0 Å². The second-order valence-electron chi connectivity index (χ2n) is 8.44. The SMILES string of the molecule is CC1CCCN(C(=O)CCC(=O)N2CCN(C(=O)OC(C)(C)C)CC2)C1. The van der Waals surface area contributed by atoms with Crippen LogP contribution in [-0.2, 0) is 14.3 Å². The summed E-state index contributed by atoms with van der Waals surface area (Å²) in [5, 5.41) is 0. The van der Waals surface area contributed by atoms with Crippen molar-refractivity contribution in [3.8, 4) is 0 Å². The normalized spacial score (nSPS) is 21.5. The quantitative estimate of drug-likeness (QED) is 0.766. The largest absolute Gasteiger partial charge is 0.444 e. The molecule has 0 aromatic rings. The molecule has 1 atom stereocenters. The van der Waals surface area contributed by atoms with Crippen LogP contribution in [0.15, 0.2) is 0 Å². The zero-order valence-electron chi connectivity index (χ0n) is 16.6. The van der Waals surface area contributed by atoms with Crippen molar-refractivity contribution in [2.45, 2.75) is 59.0 Å². The number of piperidine rings is 1. The molecule has 1 unspecified atom stereocenters. The summed E-state index contributed by atoms with van der Waals surface area (Å²) in [4.78, 5) is 42.0. The molecule has 0 spiro atoms. The molecule has 0 radical (unpaired) electrons. The van der Waals surface area contributed by atoms with Gasteiger partial charge in [-0.2, -0.15) is 0 Å². The summed E-state index contributed by atoms with van der Waals surface area (Å²) >= 11 is 0. The molecule has 2 aliphatic heterocycles. The van der Waals surface area contributed by atoms with Gasteiger partial charge in [0.15, 0.2) is 0 Å². The van der Waals surface area contributed by atoms with E-state index in [-0.39, 0.29) is 30.7 Å². The van der Waals surface area contributed by atoms with E-state index < -0.39 is 5.60 Å². The molecule has 148 valence electrons. The molecule has 2 rings (SSSR count). The van der Waals surface area contributed by atoms with Gasteiger partial charge in [-0.3, -0.25) is 9.59 Å². The van der Waals surface area contributed by atoms with Gasteiger partial charge in [-0.15, -0.1) is 0 Å². The van der Waals surface area contributed by atoms with Crippen molar-refractivity contribution in [1.82, 2.24) is 14.7 Å². The first-order valence-corrected chi connectivity index (χ1v) is 9.69. The van der Waals surface area contributed by atoms with E-state index in [0.717, 1.165) is 19.5 Å². The standard InChI is InChI=1S/C19H33N3O4/c1-15-6-5-9-22(14-15)17(24)8-7-16(23)20-10-12-21(13-11-20)18(25)26-19(2,3)4/h15H,5-14H2,1-4H3. The maximum absolute atomic E-state index is 12.4. The average Bonchev–Trinajstić information content (AvgIpc) is 2.58. The van der Waals surface area contributed by atoms with Crippen molar-refractivity contribution >= 4 is 17.9 Å². The van der Waals surface area contributed by atoms with E-state index in [4.69, 9.17) is 4.74 Å². The van der Waals surface area contributed by atoms with Gasteiger partial charge in [0.1, 0.15) is 5.60 Å². The summed E-state index contributed by atoms with van der Waals surface area (Å²) in [6.45, 7) is 11.2. The van der Waals surface area contributed by atoms with E-state index >= 15 is 0 Å². The lowest BCUT2D eigenvalue weighted by Crippen LogP contribution is -2.51. The molecule has 2 aliphatic rings. The number of nitrogens with zero attached hydrogens (tertiary/aromatic N) is 3. The fraction of sp³-hybridized carbons (Fsp3) is 0.842. The number of carbonyl (C=O) groups excluding carboxylic acids is 3. The second kappa shape index (κ2) is 8.73. The van der Waals surface area contributed by atoms with Crippen LogP contribution in [0.5, 0.6) is 0 Å². The fourth-order valence-corrected chi connectivity index (χ4v) is 3.41. The molecule has 7 heteroatoms. The van der Waals surface area contributed by atoms with Gasteiger partial charge in [0.2, 0.25) is 11.8 Å². The first-order chi connectivity index (χ1) is 12.2. The Morgan fingerprint density at radius 1 is 0.885 bits per heavy atom. The van der Waals surface area contributed by atoms with E-state index in [1.54, 1.807) is 9.80 Å². The molecule has 0 aromatic carbocycles. The summed E-state index contributed by atoms with van der Waals surface area (Å²) in [6, 6.07) is 0. The fourth-order valence-electron chi connectivity index (χ4n) is 3.41. The van der Waals surface area contributed by atoms with Crippen molar-refractivity contribution in [3.63, 3.8) is 0 Å². The maximum atomic E-state index is 12.4.